The summed E-state index contributed by atoms with van der Waals surface area (Å²) in [5, 5.41) is 0. The molecule has 0 saturated heterocycles. The van der Waals surface area contributed by atoms with Crippen LogP contribution in [0.25, 0.3) is 12.2 Å². The van der Waals surface area contributed by atoms with E-state index in [9.17, 15) is 4.79 Å². The topological polar surface area (TPSA) is 52.3 Å². The maximum absolute atomic E-state index is 11.0. The second-order valence-electron chi connectivity index (χ2n) is 4.48. The predicted octanol–water partition coefficient (Wildman–Crippen LogP) is 3.11. The van der Waals surface area contributed by atoms with Crippen LogP contribution in [-0.4, -0.2) is 12.0 Å². The van der Waals surface area contributed by atoms with Crippen molar-refractivity contribution >= 4 is 18.1 Å². The number of hydrogen-bond donors (Lipinski definition) is 1. The van der Waals surface area contributed by atoms with Crippen LogP contribution in [0.15, 0.2) is 54.6 Å². The molecule has 0 aromatic heterocycles. The first-order valence-electron chi connectivity index (χ1n) is 6.44. The molecule has 0 aliphatic carbocycles. The van der Waals surface area contributed by atoms with Crippen LogP contribution in [0.5, 0.6) is 5.75 Å². The maximum atomic E-state index is 11.0. The van der Waals surface area contributed by atoms with Crippen molar-refractivity contribution in [2.75, 3.05) is 0 Å². The zero-order chi connectivity index (χ0) is 14.4. The van der Waals surface area contributed by atoms with E-state index < -0.39 is 12.0 Å². The number of nitrogens with two attached hydrogens (primary N) is 1. The van der Waals surface area contributed by atoms with Crippen molar-refractivity contribution in [3.63, 3.8) is 0 Å². The molecule has 0 radical (unpaired) electrons. The van der Waals surface area contributed by atoms with Gasteiger partial charge < -0.3 is 10.5 Å². The number of amides is 1. The van der Waals surface area contributed by atoms with Gasteiger partial charge in [-0.1, -0.05) is 54.6 Å². The lowest BCUT2D eigenvalue weighted by molar-refractivity contribution is -0.123. The SMILES string of the molecule is CC(Oc1cccc(/C=C/c2ccccc2)c1)C(N)=O. The van der Waals surface area contributed by atoms with Crippen molar-refractivity contribution < 1.29 is 9.53 Å². The van der Waals surface area contributed by atoms with Gasteiger partial charge in [-0.15, -0.1) is 0 Å². The first kappa shape index (κ1) is 13.9. The summed E-state index contributed by atoms with van der Waals surface area (Å²) in [5.41, 5.74) is 7.31. The summed E-state index contributed by atoms with van der Waals surface area (Å²) in [6.45, 7) is 1.63. The Hall–Kier alpha value is -2.55. The van der Waals surface area contributed by atoms with Gasteiger partial charge in [-0.2, -0.15) is 0 Å². The zero-order valence-electron chi connectivity index (χ0n) is 11.3. The molecule has 102 valence electrons. The predicted molar refractivity (Wildman–Crippen MR) is 81.1 cm³/mol. The third kappa shape index (κ3) is 3.99. The minimum atomic E-state index is -0.636. The normalized spacial score (nSPS) is 12.2. The minimum Gasteiger partial charge on any atom is -0.481 e. The highest BCUT2D eigenvalue weighted by Gasteiger charge is 2.09. The Balaban J connectivity index is 2.10. The Labute approximate surface area is 118 Å². The Kier molecular flexibility index (Phi) is 4.56. The molecule has 1 amide bonds. The second kappa shape index (κ2) is 6.57. The van der Waals surface area contributed by atoms with Crippen molar-refractivity contribution in [1.29, 1.82) is 0 Å². The highest BCUT2D eigenvalue weighted by atomic mass is 16.5. The van der Waals surface area contributed by atoms with Crippen LogP contribution < -0.4 is 10.5 Å². The van der Waals surface area contributed by atoms with Crippen molar-refractivity contribution in [2.45, 2.75) is 13.0 Å². The molecule has 2 N–H and O–H groups in total. The standard InChI is InChI=1S/C17H17NO2/c1-13(17(18)19)20-16-9-5-8-15(12-16)11-10-14-6-3-2-4-7-14/h2-13H,1H3,(H2,18,19)/b11-10+. The summed E-state index contributed by atoms with van der Waals surface area (Å²) in [6.07, 6.45) is 3.39. The lowest BCUT2D eigenvalue weighted by atomic mass is 10.1. The number of rotatable bonds is 5. The van der Waals surface area contributed by atoms with Gasteiger partial charge in [0.05, 0.1) is 0 Å². The first-order valence-corrected chi connectivity index (χ1v) is 6.44. The van der Waals surface area contributed by atoms with E-state index in [-0.39, 0.29) is 0 Å². The van der Waals surface area contributed by atoms with E-state index in [1.807, 2.05) is 60.7 Å². The largest absolute Gasteiger partial charge is 0.481 e. The van der Waals surface area contributed by atoms with Crippen LogP contribution in [0.4, 0.5) is 0 Å². The number of ether oxygens (including phenoxy) is 1. The Morgan fingerprint density at radius 2 is 1.70 bits per heavy atom. The minimum absolute atomic E-state index is 0.477. The molecule has 3 heteroatoms. The van der Waals surface area contributed by atoms with Crippen molar-refractivity contribution in [2.24, 2.45) is 5.73 Å². The molecular formula is C17H17NO2. The van der Waals surface area contributed by atoms with E-state index in [0.717, 1.165) is 11.1 Å². The molecule has 0 bridgehead atoms. The highest BCUT2D eigenvalue weighted by Crippen LogP contribution is 2.17. The third-order valence-corrected chi connectivity index (χ3v) is 2.84. The molecule has 1 unspecified atom stereocenters. The summed E-state index contributed by atoms with van der Waals surface area (Å²) in [4.78, 5) is 11.0. The fourth-order valence-electron chi connectivity index (χ4n) is 1.71. The average molecular weight is 267 g/mol. The number of carbonyl (C=O) groups excluding carboxylic acids is 1. The van der Waals surface area contributed by atoms with Crippen LogP contribution in [-0.2, 0) is 4.79 Å². The number of hydrogen-bond acceptors (Lipinski definition) is 2. The molecule has 0 aliphatic rings. The summed E-state index contributed by atoms with van der Waals surface area (Å²) in [7, 11) is 0. The quantitative estimate of drug-likeness (QED) is 0.846. The molecule has 0 aliphatic heterocycles. The smallest absolute Gasteiger partial charge is 0.258 e. The lowest BCUT2D eigenvalue weighted by Gasteiger charge is -2.11. The third-order valence-electron chi connectivity index (χ3n) is 2.84. The van der Waals surface area contributed by atoms with E-state index in [0.29, 0.717) is 5.75 Å². The van der Waals surface area contributed by atoms with Gasteiger partial charge in [0.25, 0.3) is 5.91 Å². The molecule has 0 spiro atoms. The number of primary amides is 1. The van der Waals surface area contributed by atoms with Crippen molar-refractivity contribution in [3.8, 4) is 5.75 Å². The Morgan fingerprint density at radius 1 is 1.05 bits per heavy atom. The Morgan fingerprint density at radius 3 is 2.40 bits per heavy atom. The van der Waals surface area contributed by atoms with Gasteiger partial charge in [0.15, 0.2) is 6.10 Å². The van der Waals surface area contributed by atoms with Crippen LogP contribution >= 0.6 is 0 Å². The molecule has 1 atom stereocenters. The zero-order valence-corrected chi connectivity index (χ0v) is 11.3. The van der Waals surface area contributed by atoms with E-state index in [4.69, 9.17) is 10.5 Å². The van der Waals surface area contributed by atoms with E-state index in [2.05, 4.69) is 0 Å². The number of carbonyl (C=O) groups is 1. The van der Waals surface area contributed by atoms with Crippen LogP contribution in [0, 0.1) is 0 Å². The van der Waals surface area contributed by atoms with Crippen molar-refractivity contribution in [3.05, 3.63) is 65.7 Å². The van der Waals surface area contributed by atoms with Gasteiger partial charge in [-0.05, 0) is 30.2 Å². The molecule has 0 heterocycles. The second-order valence-corrected chi connectivity index (χ2v) is 4.48. The average Bonchev–Trinajstić information content (AvgIpc) is 2.46. The lowest BCUT2D eigenvalue weighted by Crippen LogP contribution is -2.30. The van der Waals surface area contributed by atoms with Gasteiger partial charge in [0.1, 0.15) is 5.75 Å². The molecule has 3 nitrogen and oxygen atoms in total. The van der Waals surface area contributed by atoms with E-state index in [1.165, 1.54) is 0 Å². The summed E-state index contributed by atoms with van der Waals surface area (Å²) in [5.74, 6) is 0.154. The van der Waals surface area contributed by atoms with Gasteiger partial charge in [-0.25, -0.2) is 0 Å². The number of benzene rings is 2. The van der Waals surface area contributed by atoms with Crippen LogP contribution in [0.2, 0.25) is 0 Å². The summed E-state index contributed by atoms with van der Waals surface area (Å²) >= 11 is 0. The van der Waals surface area contributed by atoms with E-state index >= 15 is 0 Å². The molecule has 20 heavy (non-hydrogen) atoms. The van der Waals surface area contributed by atoms with E-state index in [1.54, 1.807) is 13.0 Å². The fraction of sp³-hybridized carbons (Fsp3) is 0.118. The molecule has 0 fully saturated rings. The van der Waals surface area contributed by atoms with Gasteiger partial charge in [0, 0.05) is 0 Å². The molecular weight excluding hydrogens is 250 g/mol. The fourth-order valence-corrected chi connectivity index (χ4v) is 1.71. The first-order chi connectivity index (χ1) is 9.65. The maximum Gasteiger partial charge on any atom is 0.258 e. The molecule has 0 saturated carbocycles. The highest BCUT2D eigenvalue weighted by molar-refractivity contribution is 5.78. The molecule has 2 aromatic rings. The van der Waals surface area contributed by atoms with Crippen molar-refractivity contribution in [1.82, 2.24) is 0 Å². The van der Waals surface area contributed by atoms with Crippen LogP contribution in [0.3, 0.4) is 0 Å². The van der Waals surface area contributed by atoms with Crippen LogP contribution in [0.1, 0.15) is 18.1 Å². The van der Waals surface area contributed by atoms with Gasteiger partial charge in [-0.3, -0.25) is 4.79 Å². The molecule has 2 aromatic carbocycles. The summed E-state index contributed by atoms with van der Waals surface area (Å²) < 4.78 is 5.46. The van der Waals surface area contributed by atoms with Gasteiger partial charge in [0.2, 0.25) is 0 Å². The Bertz CT molecular complexity index is 605. The summed E-state index contributed by atoms with van der Waals surface area (Å²) in [6, 6.07) is 17.6. The van der Waals surface area contributed by atoms with Gasteiger partial charge >= 0.3 is 0 Å². The molecule has 2 rings (SSSR count). The monoisotopic (exact) mass is 267 g/mol.